The zero-order valence-electron chi connectivity index (χ0n) is 13.7. The molecule has 21 heavy (non-hydrogen) atoms. The van der Waals surface area contributed by atoms with Crippen LogP contribution in [0.4, 0.5) is 0 Å². The van der Waals surface area contributed by atoms with Crippen LogP contribution in [0.5, 0.6) is 5.75 Å². The Kier molecular flexibility index (Phi) is 4.23. The number of rotatable bonds is 3. The molecule has 116 valence electrons. The minimum Gasteiger partial charge on any atom is -0.497 e. The van der Waals surface area contributed by atoms with Gasteiger partial charge in [0.05, 0.1) is 7.11 Å². The van der Waals surface area contributed by atoms with Gasteiger partial charge in [0.2, 0.25) is 0 Å². The third-order valence-corrected chi connectivity index (χ3v) is 5.65. The molecule has 0 spiro atoms. The van der Waals surface area contributed by atoms with E-state index in [0.29, 0.717) is 12.1 Å². The Balaban J connectivity index is 1.82. The van der Waals surface area contributed by atoms with Crippen LogP contribution in [0.1, 0.15) is 37.4 Å². The molecule has 1 N–H and O–H groups in total. The summed E-state index contributed by atoms with van der Waals surface area (Å²) in [7, 11) is 3.83. The first-order valence-corrected chi connectivity index (χ1v) is 8.22. The van der Waals surface area contributed by atoms with E-state index in [2.05, 4.69) is 49.3 Å². The summed E-state index contributed by atoms with van der Waals surface area (Å²) in [6.07, 6.45) is 2.49. The number of benzene rings is 1. The Bertz CT molecular complexity index is 502. The molecule has 3 nitrogen and oxygen atoms in total. The maximum Gasteiger partial charge on any atom is 0.119 e. The zero-order valence-corrected chi connectivity index (χ0v) is 13.7. The topological polar surface area (TPSA) is 24.5 Å². The summed E-state index contributed by atoms with van der Waals surface area (Å²) >= 11 is 0. The number of fused-ring (bicyclic) bond motifs is 1. The number of likely N-dealkylation sites (tertiary alicyclic amines) is 1. The van der Waals surface area contributed by atoms with E-state index in [1.807, 2.05) is 0 Å². The first-order chi connectivity index (χ1) is 10.1. The number of ether oxygens (including phenoxy) is 1. The number of likely N-dealkylation sites (N-methyl/N-ethyl adjacent to an activating group) is 1. The van der Waals surface area contributed by atoms with Crippen molar-refractivity contribution >= 4 is 0 Å². The SMILES string of the molecule is CNC1c2cc(OC)ccc2CC1N1CCC(C)C(C)C1. The zero-order chi connectivity index (χ0) is 15.0. The molecule has 0 aromatic heterocycles. The summed E-state index contributed by atoms with van der Waals surface area (Å²) in [5.74, 6) is 2.63. The van der Waals surface area contributed by atoms with Gasteiger partial charge < -0.3 is 10.1 Å². The molecular formula is C18H28N2O. The number of hydrogen-bond donors (Lipinski definition) is 1. The monoisotopic (exact) mass is 288 g/mol. The molecule has 4 unspecified atom stereocenters. The van der Waals surface area contributed by atoms with Gasteiger partial charge in [0.15, 0.2) is 0 Å². The number of methoxy groups -OCH3 is 1. The molecule has 0 bridgehead atoms. The van der Waals surface area contributed by atoms with Crippen LogP contribution in [-0.2, 0) is 6.42 Å². The fraction of sp³-hybridized carbons (Fsp3) is 0.667. The highest BCUT2D eigenvalue weighted by atomic mass is 16.5. The van der Waals surface area contributed by atoms with Gasteiger partial charge in [0, 0.05) is 18.6 Å². The van der Waals surface area contributed by atoms with E-state index in [4.69, 9.17) is 4.74 Å². The molecule has 0 amide bonds. The molecule has 2 aliphatic rings. The minimum absolute atomic E-state index is 0.427. The second kappa shape index (κ2) is 5.98. The van der Waals surface area contributed by atoms with E-state index in [-0.39, 0.29) is 0 Å². The van der Waals surface area contributed by atoms with Crippen molar-refractivity contribution in [2.24, 2.45) is 11.8 Å². The normalized spacial score (nSPS) is 33.0. The van der Waals surface area contributed by atoms with Crippen LogP contribution in [0.25, 0.3) is 0 Å². The predicted octanol–water partition coefficient (Wildman–Crippen LogP) is 2.86. The van der Waals surface area contributed by atoms with E-state index >= 15 is 0 Å². The molecule has 1 aliphatic heterocycles. The van der Waals surface area contributed by atoms with Crippen molar-refractivity contribution in [3.8, 4) is 5.75 Å². The first-order valence-electron chi connectivity index (χ1n) is 8.22. The van der Waals surface area contributed by atoms with Gasteiger partial charge in [0.1, 0.15) is 5.75 Å². The van der Waals surface area contributed by atoms with E-state index in [1.54, 1.807) is 7.11 Å². The van der Waals surface area contributed by atoms with Crippen LogP contribution in [-0.4, -0.2) is 38.2 Å². The van der Waals surface area contributed by atoms with Gasteiger partial charge >= 0.3 is 0 Å². The van der Waals surface area contributed by atoms with Crippen LogP contribution in [0.2, 0.25) is 0 Å². The molecule has 0 radical (unpaired) electrons. The van der Waals surface area contributed by atoms with Crippen molar-refractivity contribution < 1.29 is 4.74 Å². The van der Waals surface area contributed by atoms with E-state index in [1.165, 1.54) is 30.6 Å². The van der Waals surface area contributed by atoms with Crippen molar-refractivity contribution in [1.29, 1.82) is 0 Å². The van der Waals surface area contributed by atoms with Crippen LogP contribution in [0.15, 0.2) is 18.2 Å². The molecule has 1 aromatic carbocycles. The smallest absolute Gasteiger partial charge is 0.119 e. The Hall–Kier alpha value is -1.06. The molecule has 1 aromatic rings. The fourth-order valence-corrected chi connectivity index (χ4v) is 4.01. The van der Waals surface area contributed by atoms with Gasteiger partial charge in [-0.3, -0.25) is 4.90 Å². The van der Waals surface area contributed by atoms with E-state index < -0.39 is 0 Å². The average Bonchev–Trinajstić information content (AvgIpc) is 2.87. The fourth-order valence-electron chi connectivity index (χ4n) is 4.01. The number of nitrogens with zero attached hydrogens (tertiary/aromatic N) is 1. The summed E-state index contributed by atoms with van der Waals surface area (Å²) in [5.41, 5.74) is 2.90. The Morgan fingerprint density at radius 3 is 2.71 bits per heavy atom. The predicted molar refractivity (Wildman–Crippen MR) is 86.8 cm³/mol. The maximum absolute atomic E-state index is 5.40. The van der Waals surface area contributed by atoms with Gasteiger partial charge in [-0.2, -0.15) is 0 Å². The maximum atomic E-state index is 5.40. The molecule has 3 rings (SSSR count). The third kappa shape index (κ3) is 2.69. The van der Waals surface area contributed by atoms with Gasteiger partial charge in [0.25, 0.3) is 0 Å². The highest BCUT2D eigenvalue weighted by Crippen LogP contribution is 2.38. The van der Waals surface area contributed by atoms with Gasteiger partial charge in [-0.25, -0.2) is 0 Å². The Labute approximate surface area is 128 Å². The second-order valence-electron chi connectivity index (χ2n) is 6.84. The molecule has 3 heteroatoms. The molecular weight excluding hydrogens is 260 g/mol. The Morgan fingerprint density at radius 2 is 2.05 bits per heavy atom. The lowest BCUT2D eigenvalue weighted by molar-refractivity contribution is 0.0829. The molecule has 1 saturated heterocycles. The number of hydrogen-bond acceptors (Lipinski definition) is 3. The molecule has 1 fully saturated rings. The molecule has 1 aliphatic carbocycles. The summed E-state index contributed by atoms with van der Waals surface area (Å²) in [6.45, 7) is 7.26. The van der Waals surface area contributed by atoms with Gasteiger partial charge in [-0.15, -0.1) is 0 Å². The van der Waals surface area contributed by atoms with Crippen molar-refractivity contribution in [2.45, 2.75) is 38.8 Å². The second-order valence-corrected chi connectivity index (χ2v) is 6.84. The summed E-state index contributed by atoms with van der Waals surface area (Å²) in [4.78, 5) is 2.71. The summed E-state index contributed by atoms with van der Waals surface area (Å²) in [6, 6.07) is 7.57. The van der Waals surface area contributed by atoms with Crippen molar-refractivity contribution in [1.82, 2.24) is 10.2 Å². The Morgan fingerprint density at radius 1 is 1.24 bits per heavy atom. The molecule has 4 atom stereocenters. The highest BCUT2D eigenvalue weighted by molar-refractivity contribution is 5.42. The minimum atomic E-state index is 0.427. The largest absolute Gasteiger partial charge is 0.497 e. The third-order valence-electron chi connectivity index (χ3n) is 5.65. The van der Waals surface area contributed by atoms with Crippen LogP contribution in [0, 0.1) is 11.8 Å². The first kappa shape index (κ1) is 14.9. The standard InChI is InChI=1S/C18H28N2O/c1-12-7-8-20(11-13(12)2)17-9-14-5-6-15(21-4)10-16(14)18(17)19-3/h5-6,10,12-13,17-19H,7-9,11H2,1-4H3. The van der Waals surface area contributed by atoms with E-state index in [9.17, 15) is 0 Å². The van der Waals surface area contributed by atoms with Crippen LogP contribution >= 0.6 is 0 Å². The summed E-state index contributed by atoms with van der Waals surface area (Å²) < 4.78 is 5.40. The lowest BCUT2D eigenvalue weighted by Crippen LogP contribution is -2.48. The average molecular weight is 288 g/mol. The van der Waals surface area contributed by atoms with E-state index in [0.717, 1.165) is 24.0 Å². The lowest BCUT2D eigenvalue weighted by atomic mass is 9.87. The van der Waals surface area contributed by atoms with Gasteiger partial charge in [-0.1, -0.05) is 19.9 Å². The molecule has 0 saturated carbocycles. The van der Waals surface area contributed by atoms with Crippen molar-refractivity contribution in [3.63, 3.8) is 0 Å². The van der Waals surface area contributed by atoms with Gasteiger partial charge in [-0.05, 0) is 61.5 Å². The quantitative estimate of drug-likeness (QED) is 0.925. The number of piperidine rings is 1. The van der Waals surface area contributed by atoms with Crippen molar-refractivity contribution in [3.05, 3.63) is 29.3 Å². The molecule has 1 heterocycles. The highest BCUT2D eigenvalue weighted by Gasteiger charge is 2.38. The lowest BCUT2D eigenvalue weighted by Gasteiger charge is -2.41. The van der Waals surface area contributed by atoms with Crippen LogP contribution < -0.4 is 10.1 Å². The van der Waals surface area contributed by atoms with Crippen molar-refractivity contribution in [2.75, 3.05) is 27.2 Å². The number of nitrogens with one attached hydrogen (secondary N) is 1. The summed E-state index contributed by atoms with van der Waals surface area (Å²) in [5, 5.41) is 3.55. The van der Waals surface area contributed by atoms with Crippen LogP contribution in [0.3, 0.4) is 0 Å².